The van der Waals surface area contributed by atoms with Gasteiger partial charge in [-0.3, -0.25) is 0 Å². The Morgan fingerprint density at radius 1 is 1.29 bits per heavy atom. The zero-order valence-corrected chi connectivity index (χ0v) is 10.5. The molecule has 0 fully saturated rings. The van der Waals surface area contributed by atoms with Crippen molar-refractivity contribution < 1.29 is 4.74 Å². The molecule has 0 saturated carbocycles. The third kappa shape index (κ3) is 4.16. The molecule has 0 unspecified atom stereocenters. The number of nitrogens with zero attached hydrogens (tertiary/aromatic N) is 2. The molecule has 6 heteroatoms. The lowest BCUT2D eigenvalue weighted by Crippen LogP contribution is -2.16. The van der Waals surface area contributed by atoms with Crippen molar-refractivity contribution in [1.82, 2.24) is 9.97 Å². The zero-order valence-electron chi connectivity index (χ0n) is 10.5. The highest BCUT2D eigenvalue weighted by atomic mass is 16.5. The molecule has 96 valence electrons. The van der Waals surface area contributed by atoms with Gasteiger partial charge in [-0.05, 0) is 13.3 Å². The monoisotopic (exact) mass is 239 g/mol. The maximum Gasteiger partial charge on any atom is 0.148 e. The van der Waals surface area contributed by atoms with Crippen LogP contribution in [0, 0.1) is 0 Å². The predicted molar refractivity (Wildman–Crippen MR) is 68.8 cm³/mol. The summed E-state index contributed by atoms with van der Waals surface area (Å²) in [5.41, 5.74) is 3.62. The van der Waals surface area contributed by atoms with Crippen molar-refractivity contribution in [1.29, 1.82) is 0 Å². The molecule has 4 N–H and O–H groups in total. The molecule has 0 spiro atoms. The highest BCUT2D eigenvalue weighted by Gasteiger charge is 2.09. The number of hydrogen-bond acceptors (Lipinski definition) is 6. The standard InChI is InChI=1S/C11H21N5O/c1-3-5-9-10(13-6-7-17-4-2)14-8-15-11(9)16-12/h8H,3-7,12H2,1-2H3,(H2,13,14,15,16). The lowest BCUT2D eigenvalue weighted by Gasteiger charge is -2.13. The summed E-state index contributed by atoms with van der Waals surface area (Å²) in [5, 5.41) is 3.24. The molecule has 0 aliphatic rings. The molecule has 1 aromatic rings. The van der Waals surface area contributed by atoms with Crippen LogP contribution in [0.5, 0.6) is 0 Å². The average molecular weight is 239 g/mol. The first-order valence-corrected chi connectivity index (χ1v) is 5.95. The Labute approximate surface area is 102 Å². The van der Waals surface area contributed by atoms with Crippen molar-refractivity contribution in [3.05, 3.63) is 11.9 Å². The van der Waals surface area contributed by atoms with E-state index in [1.54, 1.807) is 0 Å². The third-order valence-electron chi connectivity index (χ3n) is 2.33. The van der Waals surface area contributed by atoms with Crippen LogP contribution in [0.4, 0.5) is 11.6 Å². The molecule has 0 saturated heterocycles. The van der Waals surface area contributed by atoms with Crippen LogP contribution >= 0.6 is 0 Å². The molecule has 0 aliphatic heterocycles. The van der Waals surface area contributed by atoms with Gasteiger partial charge < -0.3 is 15.5 Å². The number of hydrogen-bond donors (Lipinski definition) is 3. The van der Waals surface area contributed by atoms with Gasteiger partial charge in [0, 0.05) is 18.7 Å². The summed E-state index contributed by atoms with van der Waals surface area (Å²) < 4.78 is 5.27. The van der Waals surface area contributed by atoms with E-state index < -0.39 is 0 Å². The minimum absolute atomic E-state index is 0.664. The van der Waals surface area contributed by atoms with Gasteiger partial charge in [-0.2, -0.15) is 0 Å². The smallest absolute Gasteiger partial charge is 0.148 e. The first-order chi connectivity index (χ1) is 8.33. The Balaban J connectivity index is 2.68. The minimum Gasteiger partial charge on any atom is -0.380 e. The van der Waals surface area contributed by atoms with Gasteiger partial charge in [0.05, 0.1) is 6.61 Å². The topological polar surface area (TPSA) is 85.1 Å². The van der Waals surface area contributed by atoms with Gasteiger partial charge in [-0.25, -0.2) is 15.8 Å². The molecule has 6 nitrogen and oxygen atoms in total. The van der Waals surface area contributed by atoms with Crippen LogP contribution in [-0.2, 0) is 11.2 Å². The van der Waals surface area contributed by atoms with Crippen molar-refractivity contribution in [3.8, 4) is 0 Å². The van der Waals surface area contributed by atoms with Crippen LogP contribution in [-0.4, -0.2) is 29.7 Å². The summed E-state index contributed by atoms with van der Waals surface area (Å²) in [6, 6.07) is 0. The van der Waals surface area contributed by atoms with E-state index in [1.807, 2.05) is 6.92 Å². The van der Waals surface area contributed by atoms with E-state index in [1.165, 1.54) is 6.33 Å². The number of hydrazine groups is 1. The lowest BCUT2D eigenvalue weighted by atomic mass is 10.1. The summed E-state index contributed by atoms with van der Waals surface area (Å²) in [5.74, 6) is 6.94. The van der Waals surface area contributed by atoms with Crippen LogP contribution in [0.1, 0.15) is 25.8 Å². The first-order valence-electron chi connectivity index (χ1n) is 5.95. The third-order valence-corrected chi connectivity index (χ3v) is 2.33. The minimum atomic E-state index is 0.664. The zero-order chi connectivity index (χ0) is 12.5. The van der Waals surface area contributed by atoms with Crippen molar-refractivity contribution >= 4 is 11.6 Å². The summed E-state index contributed by atoms with van der Waals surface area (Å²) in [7, 11) is 0. The number of nitrogens with two attached hydrogens (primary N) is 1. The number of ether oxygens (including phenoxy) is 1. The maximum atomic E-state index is 5.43. The van der Waals surface area contributed by atoms with E-state index in [9.17, 15) is 0 Å². The fourth-order valence-corrected chi connectivity index (χ4v) is 1.56. The van der Waals surface area contributed by atoms with Gasteiger partial charge in [-0.1, -0.05) is 13.3 Å². The average Bonchev–Trinajstić information content (AvgIpc) is 2.36. The van der Waals surface area contributed by atoms with E-state index in [-0.39, 0.29) is 0 Å². The second kappa shape index (κ2) is 7.81. The van der Waals surface area contributed by atoms with Gasteiger partial charge >= 0.3 is 0 Å². The van der Waals surface area contributed by atoms with Crippen LogP contribution in [0.2, 0.25) is 0 Å². The van der Waals surface area contributed by atoms with Gasteiger partial charge in [0.1, 0.15) is 18.0 Å². The molecule has 1 heterocycles. The van der Waals surface area contributed by atoms with E-state index >= 15 is 0 Å². The first kappa shape index (κ1) is 13.7. The predicted octanol–water partition coefficient (Wildman–Crippen LogP) is 1.16. The molecule has 1 aromatic heterocycles. The van der Waals surface area contributed by atoms with Crippen molar-refractivity contribution in [2.75, 3.05) is 30.5 Å². The molecule has 1 rings (SSSR count). The maximum absolute atomic E-state index is 5.43. The number of nitrogen functional groups attached to an aromatic ring is 1. The highest BCUT2D eigenvalue weighted by Crippen LogP contribution is 2.20. The number of rotatable bonds is 8. The number of aromatic nitrogens is 2. The van der Waals surface area contributed by atoms with Gasteiger partial charge in [-0.15, -0.1) is 0 Å². The van der Waals surface area contributed by atoms with Gasteiger partial charge in [0.25, 0.3) is 0 Å². The molecule has 0 radical (unpaired) electrons. The molecular formula is C11H21N5O. The largest absolute Gasteiger partial charge is 0.380 e. The van der Waals surface area contributed by atoms with E-state index in [0.717, 1.165) is 37.4 Å². The van der Waals surface area contributed by atoms with Gasteiger partial charge in [0.2, 0.25) is 0 Å². The fraction of sp³-hybridized carbons (Fsp3) is 0.636. The lowest BCUT2D eigenvalue weighted by molar-refractivity contribution is 0.158. The Kier molecular flexibility index (Phi) is 6.27. The molecule has 0 aliphatic carbocycles. The molecule has 17 heavy (non-hydrogen) atoms. The SMILES string of the molecule is CCCc1c(NN)ncnc1NCCOCC. The van der Waals surface area contributed by atoms with E-state index in [2.05, 4.69) is 27.6 Å². The van der Waals surface area contributed by atoms with Crippen molar-refractivity contribution in [2.45, 2.75) is 26.7 Å². The Bertz CT molecular complexity index is 332. The van der Waals surface area contributed by atoms with Crippen LogP contribution in [0.15, 0.2) is 6.33 Å². The summed E-state index contributed by atoms with van der Waals surface area (Å²) in [4.78, 5) is 8.33. The normalized spacial score (nSPS) is 10.3. The Hall–Kier alpha value is -1.40. The molecular weight excluding hydrogens is 218 g/mol. The molecule has 0 bridgehead atoms. The second-order valence-corrected chi connectivity index (χ2v) is 3.57. The van der Waals surface area contributed by atoms with E-state index in [0.29, 0.717) is 12.4 Å². The fourth-order valence-electron chi connectivity index (χ4n) is 1.56. The number of anilines is 2. The Morgan fingerprint density at radius 2 is 2.06 bits per heavy atom. The summed E-state index contributed by atoms with van der Waals surface area (Å²) in [6.07, 6.45) is 3.40. The van der Waals surface area contributed by atoms with Crippen LogP contribution < -0.4 is 16.6 Å². The second-order valence-electron chi connectivity index (χ2n) is 3.57. The van der Waals surface area contributed by atoms with Crippen LogP contribution in [0.25, 0.3) is 0 Å². The van der Waals surface area contributed by atoms with E-state index in [4.69, 9.17) is 10.6 Å². The molecule has 0 amide bonds. The summed E-state index contributed by atoms with van der Waals surface area (Å²) in [6.45, 7) is 6.20. The van der Waals surface area contributed by atoms with Crippen LogP contribution in [0.3, 0.4) is 0 Å². The number of nitrogens with one attached hydrogen (secondary N) is 2. The van der Waals surface area contributed by atoms with Crippen molar-refractivity contribution in [2.24, 2.45) is 5.84 Å². The molecule has 0 atom stereocenters. The highest BCUT2D eigenvalue weighted by molar-refractivity contribution is 5.56. The molecule has 0 aromatic carbocycles. The Morgan fingerprint density at radius 3 is 2.71 bits per heavy atom. The van der Waals surface area contributed by atoms with Crippen molar-refractivity contribution in [3.63, 3.8) is 0 Å². The quantitative estimate of drug-likeness (QED) is 0.358. The summed E-state index contributed by atoms with van der Waals surface area (Å²) >= 11 is 0. The van der Waals surface area contributed by atoms with Gasteiger partial charge in [0.15, 0.2) is 0 Å².